The summed E-state index contributed by atoms with van der Waals surface area (Å²) in [5, 5.41) is 3.29. The minimum Gasteiger partial charge on any atom is -0.341 e. The van der Waals surface area contributed by atoms with Crippen molar-refractivity contribution in [1.82, 2.24) is 9.97 Å². The highest BCUT2D eigenvalue weighted by atomic mass is 32.2. The summed E-state index contributed by atoms with van der Waals surface area (Å²) in [7, 11) is -3.49. The Morgan fingerprint density at radius 2 is 1.55 bits per heavy atom. The summed E-state index contributed by atoms with van der Waals surface area (Å²) in [6.45, 7) is 5.90. The van der Waals surface area contributed by atoms with Crippen LogP contribution in [-0.2, 0) is 15.8 Å². The zero-order valence-electron chi connectivity index (χ0n) is 17.8. The molecule has 0 spiro atoms. The topological polar surface area (TPSA) is 87.2 Å². The molecule has 1 aliphatic rings. The van der Waals surface area contributed by atoms with E-state index in [1.165, 1.54) is 12.8 Å². The lowest BCUT2D eigenvalue weighted by molar-refractivity contribution is 0.600. The standard InChI is InChI=1S/C23H27N5O2S/c1-17-5-7-19(8-6-17)16-31(29,30)27-21-11-9-20(10-12-21)25-22-15-18(2)24-23(26-22)28-13-3-4-14-28/h5-12,15,27H,3-4,13-14,16H2,1-2H3,(H,24,25,26). The van der Waals surface area contributed by atoms with Gasteiger partial charge in [-0.05, 0) is 56.5 Å². The molecule has 7 nitrogen and oxygen atoms in total. The minimum atomic E-state index is -3.49. The van der Waals surface area contributed by atoms with Gasteiger partial charge in [0.25, 0.3) is 0 Å². The van der Waals surface area contributed by atoms with Crippen LogP contribution in [0.3, 0.4) is 0 Å². The molecule has 31 heavy (non-hydrogen) atoms. The molecular weight excluding hydrogens is 410 g/mol. The minimum absolute atomic E-state index is 0.0627. The van der Waals surface area contributed by atoms with Gasteiger partial charge in [0, 0.05) is 36.2 Å². The van der Waals surface area contributed by atoms with Crippen LogP contribution in [-0.4, -0.2) is 31.5 Å². The molecule has 3 aromatic rings. The SMILES string of the molecule is Cc1ccc(CS(=O)(=O)Nc2ccc(Nc3cc(C)nc(N4CCCC4)n3)cc2)cc1. The zero-order valence-corrected chi connectivity index (χ0v) is 18.6. The van der Waals surface area contributed by atoms with E-state index < -0.39 is 10.0 Å². The van der Waals surface area contributed by atoms with Crippen molar-refractivity contribution in [2.45, 2.75) is 32.4 Å². The molecule has 0 aliphatic carbocycles. The van der Waals surface area contributed by atoms with Gasteiger partial charge in [-0.3, -0.25) is 4.72 Å². The molecule has 0 atom stereocenters. The van der Waals surface area contributed by atoms with E-state index in [4.69, 9.17) is 0 Å². The number of aromatic nitrogens is 2. The van der Waals surface area contributed by atoms with Crippen molar-refractivity contribution in [3.05, 3.63) is 71.4 Å². The first-order valence-corrected chi connectivity index (χ1v) is 12.1. The Labute approximate surface area is 183 Å². The number of anilines is 4. The van der Waals surface area contributed by atoms with Gasteiger partial charge in [0.15, 0.2) is 0 Å². The summed E-state index contributed by atoms with van der Waals surface area (Å²) in [4.78, 5) is 11.4. The second-order valence-electron chi connectivity index (χ2n) is 7.94. The van der Waals surface area contributed by atoms with Crippen LogP contribution >= 0.6 is 0 Å². The van der Waals surface area contributed by atoms with Gasteiger partial charge in [-0.2, -0.15) is 4.98 Å². The number of rotatable bonds is 7. The van der Waals surface area contributed by atoms with Gasteiger partial charge in [-0.1, -0.05) is 29.8 Å². The molecule has 0 unspecified atom stereocenters. The quantitative estimate of drug-likeness (QED) is 0.570. The highest BCUT2D eigenvalue weighted by molar-refractivity contribution is 7.91. The van der Waals surface area contributed by atoms with Crippen LogP contribution in [0.2, 0.25) is 0 Å². The maximum Gasteiger partial charge on any atom is 0.236 e. The van der Waals surface area contributed by atoms with Crippen molar-refractivity contribution in [3.8, 4) is 0 Å². The predicted molar refractivity (Wildman–Crippen MR) is 125 cm³/mol. The molecule has 0 saturated carbocycles. The van der Waals surface area contributed by atoms with E-state index in [1.54, 1.807) is 12.1 Å². The predicted octanol–water partition coefficient (Wildman–Crippen LogP) is 4.38. The molecular formula is C23H27N5O2S. The molecule has 0 radical (unpaired) electrons. The number of nitrogens with one attached hydrogen (secondary N) is 2. The maximum absolute atomic E-state index is 12.5. The largest absolute Gasteiger partial charge is 0.341 e. The highest BCUT2D eigenvalue weighted by Gasteiger charge is 2.16. The fourth-order valence-electron chi connectivity index (χ4n) is 3.56. The monoisotopic (exact) mass is 437 g/mol. The third-order valence-corrected chi connectivity index (χ3v) is 6.40. The lowest BCUT2D eigenvalue weighted by atomic mass is 10.2. The molecule has 2 N–H and O–H groups in total. The van der Waals surface area contributed by atoms with Crippen LogP contribution in [0.4, 0.5) is 23.1 Å². The first-order chi connectivity index (χ1) is 14.9. The Morgan fingerprint density at radius 1 is 0.903 bits per heavy atom. The Kier molecular flexibility index (Phi) is 6.08. The number of aryl methyl sites for hydroxylation is 2. The lowest BCUT2D eigenvalue weighted by Gasteiger charge is -2.17. The van der Waals surface area contributed by atoms with Crippen molar-refractivity contribution in [1.29, 1.82) is 0 Å². The van der Waals surface area contributed by atoms with Gasteiger partial charge < -0.3 is 10.2 Å². The first-order valence-electron chi connectivity index (χ1n) is 10.4. The van der Waals surface area contributed by atoms with E-state index in [9.17, 15) is 8.42 Å². The Morgan fingerprint density at radius 3 is 2.23 bits per heavy atom. The summed E-state index contributed by atoms with van der Waals surface area (Å²) in [6, 6.07) is 16.5. The molecule has 1 aliphatic heterocycles. The summed E-state index contributed by atoms with van der Waals surface area (Å²) >= 11 is 0. The number of hydrogen-bond acceptors (Lipinski definition) is 6. The zero-order chi connectivity index (χ0) is 21.8. The Balaban J connectivity index is 1.42. The van der Waals surface area contributed by atoms with Crippen LogP contribution in [0.5, 0.6) is 0 Å². The molecule has 2 aromatic carbocycles. The van der Waals surface area contributed by atoms with E-state index in [1.807, 2.05) is 56.3 Å². The fraction of sp³-hybridized carbons (Fsp3) is 0.304. The molecule has 1 fully saturated rings. The van der Waals surface area contributed by atoms with Gasteiger partial charge in [0.05, 0.1) is 5.75 Å². The third kappa shape index (κ3) is 5.73. The van der Waals surface area contributed by atoms with Gasteiger partial charge in [0.1, 0.15) is 5.82 Å². The van der Waals surface area contributed by atoms with E-state index in [-0.39, 0.29) is 5.75 Å². The van der Waals surface area contributed by atoms with Crippen LogP contribution < -0.4 is 14.9 Å². The van der Waals surface area contributed by atoms with Crippen molar-refractivity contribution in [2.24, 2.45) is 0 Å². The third-order valence-electron chi connectivity index (χ3n) is 5.14. The van der Waals surface area contributed by atoms with Gasteiger partial charge in [0.2, 0.25) is 16.0 Å². The van der Waals surface area contributed by atoms with Crippen molar-refractivity contribution < 1.29 is 8.42 Å². The first kappa shape index (κ1) is 21.1. The summed E-state index contributed by atoms with van der Waals surface area (Å²) in [6.07, 6.45) is 2.34. The van der Waals surface area contributed by atoms with Gasteiger partial charge in [-0.15, -0.1) is 0 Å². The van der Waals surface area contributed by atoms with Crippen LogP contribution in [0.1, 0.15) is 29.7 Å². The smallest absolute Gasteiger partial charge is 0.236 e. The second kappa shape index (κ2) is 8.93. The molecule has 0 bridgehead atoms. The summed E-state index contributed by atoms with van der Waals surface area (Å²) < 4.78 is 27.6. The Bertz CT molecular complexity index is 1140. The van der Waals surface area contributed by atoms with Gasteiger partial charge >= 0.3 is 0 Å². The molecule has 162 valence electrons. The molecule has 1 saturated heterocycles. The average molecular weight is 438 g/mol. The summed E-state index contributed by atoms with van der Waals surface area (Å²) in [5.74, 6) is 1.41. The van der Waals surface area contributed by atoms with E-state index in [0.717, 1.165) is 47.4 Å². The van der Waals surface area contributed by atoms with Crippen molar-refractivity contribution in [3.63, 3.8) is 0 Å². The lowest BCUT2D eigenvalue weighted by Crippen LogP contribution is -2.21. The summed E-state index contributed by atoms with van der Waals surface area (Å²) in [5.41, 5.74) is 4.11. The van der Waals surface area contributed by atoms with E-state index in [2.05, 4.69) is 24.9 Å². The molecule has 1 aromatic heterocycles. The average Bonchev–Trinajstić information content (AvgIpc) is 3.25. The fourth-order valence-corrected chi connectivity index (χ4v) is 4.76. The van der Waals surface area contributed by atoms with Crippen LogP contribution in [0.15, 0.2) is 54.6 Å². The number of benzene rings is 2. The number of hydrogen-bond donors (Lipinski definition) is 2. The van der Waals surface area contributed by atoms with Crippen LogP contribution in [0.25, 0.3) is 0 Å². The molecule has 8 heteroatoms. The maximum atomic E-state index is 12.5. The van der Waals surface area contributed by atoms with Crippen molar-refractivity contribution in [2.75, 3.05) is 28.0 Å². The molecule has 0 amide bonds. The van der Waals surface area contributed by atoms with E-state index in [0.29, 0.717) is 5.69 Å². The number of sulfonamides is 1. The second-order valence-corrected chi connectivity index (χ2v) is 9.66. The van der Waals surface area contributed by atoms with Gasteiger partial charge in [-0.25, -0.2) is 13.4 Å². The van der Waals surface area contributed by atoms with Crippen molar-refractivity contribution >= 4 is 33.2 Å². The highest BCUT2D eigenvalue weighted by Crippen LogP contribution is 2.23. The normalized spacial score (nSPS) is 13.9. The molecule has 4 rings (SSSR count). The van der Waals surface area contributed by atoms with E-state index >= 15 is 0 Å². The molecule has 2 heterocycles. The number of nitrogens with zero attached hydrogens (tertiary/aromatic N) is 3. The Hall–Kier alpha value is -3.13. The van der Waals surface area contributed by atoms with Crippen LogP contribution in [0, 0.1) is 13.8 Å².